The smallest absolute Gasteiger partial charge is 0.331 e. The van der Waals surface area contributed by atoms with E-state index in [0.29, 0.717) is 24.2 Å². The lowest BCUT2D eigenvalue weighted by Crippen LogP contribution is -2.28. The minimum Gasteiger partial charge on any atom is -0.331 e. The minimum atomic E-state index is -0.480. The number of amides is 1. The van der Waals surface area contributed by atoms with Gasteiger partial charge in [-0.25, -0.2) is 9.59 Å². The average molecular weight is 336 g/mol. The van der Waals surface area contributed by atoms with Crippen LogP contribution in [0.1, 0.15) is 27.9 Å². The maximum atomic E-state index is 12.3. The van der Waals surface area contributed by atoms with Gasteiger partial charge in [0.15, 0.2) is 0 Å². The fourth-order valence-electron chi connectivity index (χ4n) is 2.63. The van der Waals surface area contributed by atoms with Gasteiger partial charge in [0.2, 0.25) is 0 Å². The molecule has 0 radical (unpaired) electrons. The highest BCUT2D eigenvalue weighted by Gasteiger charge is 2.18. The number of carbonyl (C=O) groups excluding carboxylic acids is 1. The van der Waals surface area contributed by atoms with E-state index in [1.165, 1.54) is 0 Å². The maximum absolute atomic E-state index is 12.3. The quantitative estimate of drug-likeness (QED) is 0.794. The fraction of sp³-hybridized carbons (Fsp3) is 0.200. The van der Waals surface area contributed by atoms with E-state index in [9.17, 15) is 9.59 Å². The molecule has 1 aromatic heterocycles. The maximum Gasteiger partial charge on any atom is 0.362 e. The van der Waals surface area contributed by atoms with E-state index in [1.54, 1.807) is 6.92 Å². The first-order valence-corrected chi connectivity index (χ1v) is 8.14. The summed E-state index contributed by atoms with van der Waals surface area (Å²) in [5.74, 6) is 0. The van der Waals surface area contributed by atoms with Crippen molar-refractivity contribution in [3.63, 3.8) is 0 Å². The lowest BCUT2D eigenvalue weighted by molar-refractivity contribution is 0.205. The van der Waals surface area contributed by atoms with Crippen LogP contribution in [0.4, 0.5) is 4.79 Å². The molecule has 0 saturated heterocycles. The van der Waals surface area contributed by atoms with E-state index >= 15 is 0 Å². The van der Waals surface area contributed by atoms with Crippen LogP contribution in [0.3, 0.4) is 0 Å². The second kappa shape index (κ2) is 7.21. The molecule has 1 N–H and O–H groups in total. The molecular formula is C20H20N2O3. The van der Waals surface area contributed by atoms with Crippen LogP contribution in [0.15, 0.2) is 63.9 Å². The van der Waals surface area contributed by atoms with E-state index in [0.717, 1.165) is 21.4 Å². The van der Waals surface area contributed by atoms with Crippen molar-refractivity contribution in [2.45, 2.75) is 26.8 Å². The van der Waals surface area contributed by atoms with Crippen LogP contribution in [-0.2, 0) is 13.0 Å². The number of nitrogens with zero attached hydrogens (tertiary/aromatic N) is 1. The van der Waals surface area contributed by atoms with E-state index in [1.807, 2.05) is 61.5 Å². The van der Waals surface area contributed by atoms with Crippen LogP contribution in [-0.4, -0.2) is 10.8 Å². The molecule has 25 heavy (non-hydrogen) atoms. The van der Waals surface area contributed by atoms with Crippen LogP contribution in [0, 0.1) is 13.8 Å². The number of carbonyl (C=O) groups is 1. The van der Waals surface area contributed by atoms with Crippen LogP contribution in [0.2, 0.25) is 0 Å². The van der Waals surface area contributed by atoms with E-state index in [4.69, 9.17) is 4.52 Å². The third-order valence-corrected chi connectivity index (χ3v) is 4.13. The van der Waals surface area contributed by atoms with Crippen LogP contribution < -0.4 is 10.9 Å². The largest absolute Gasteiger partial charge is 0.362 e. The number of hydrogen-bond acceptors (Lipinski definition) is 3. The molecule has 0 spiro atoms. The summed E-state index contributed by atoms with van der Waals surface area (Å²) in [6, 6.07) is 17.1. The molecule has 0 bridgehead atoms. The summed E-state index contributed by atoms with van der Waals surface area (Å²) in [4.78, 5) is 24.5. The number of nitrogens with one attached hydrogen (secondary N) is 1. The number of benzene rings is 2. The molecule has 0 aliphatic rings. The van der Waals surface area contributed by atoms with Gasteiger partial charge in [0.05, 0.1) is 11.3 Å². The van der Waals surface area contributed by atoms with Crippen molar-refractivity contribution >= 4 is 6.03 Å². The van der Waals surface area contributed by atoms with Gasteiger partial charge in [0, 0.05) is 13.0 Å². The molecule has 0 atom stereocenters. The van der Waals surface area contributed by atoms with Gasteiger partial charge in [-0.3, -0.25) is 0 Å². The number of hydrogen-bond donors (Lipinski definition) is 1. The third kappa shape index (κ3) is 3.88. The molecule has 128 valence electrons. The van der Waals surface area contributed by atoms with Crippen molar-refractivity contribution < 1.29 is 9.32 Å². The summed E-state index contributed by atoms with van der Waals surface area (Å²) < 4.78 is 6.17. The lowest BCUT2D eigenvalue weighted by Gasteiger charge is -2.06. The zero-order valence-corrected chi connectivity index (χ0v) is 14.3. The minimum absolute atomic E-state index is 0.370. The Morgan fingerprint density at radius 2 is 1.68 bits per heavy atom. The fourth-order valence-corrected chi connectivity index (χ4v) is 2.63. The zero-order chi connectivity index (χ0) is 17.8. The molecule has 3 aromatic rings. The molecule has 5 heteroatoms. The third-order valence-electron chi connectivity index (χ3n) is 4.13. The molecule has 0 unspecified atom stereocenters. The molecule has 0 aliphatic heterocycles. The first kappa shape index (κ1) is 16.8. The Bertz CT molecular complexity index is 922. The van der Waals surface area contributed by atoms with Crippen LogP contribution >= 0.6 is 0 Å². The van der Waals surface area contributed by atoms with Gasteiger partial charge in [0.25, 0.3) is 0 Å². The normalized spacial score (nSPS) is 10.6. The molecule has 5 nitrogen and oxygen atoms in total. The Hall–Kier alpha value is -3.08. The summed E-state index contributed by atoms with van der Waals surface area (Å²) in [6.07, 6.45) is 0.438. The van der Waals surface area contributed by atoms with Crippen molar-refractivity contribution in [1.82, 2.24) is 10.1 Å². The highest BCUT2D eigenvalue weighted by atomic mass is 16.5. The van der Waals surface area contributed by atoms with E-state index < -0.39 is 11.7 Å². The molecule has 0 aliphatic carbocycles. The van der Waals surface area contributed by atoms with Crippen molar-refractivity contribution in [3.8, 4) is 0 Å². The number of aromatic nitrogens is 1. The Balaban J connectivity index is 1.74. The van der Waals surface area contributed by atoms with E-state index in [2.05, 4.69) is 5.32 Å². The van der Waals surface area contributed by atoms with Gasteiger partial charge in [-0.2, -0.15) is 0 Å². The Kier molecular flexibility index (Phi) is 4.84. The Morgan fingerprint density at radius 3 is 2.36 bits per heavy atom. The molecule has 1 heterocycles. The zero-order valence-electron chi connectivity index (χ0n) is 14.3. The van der Waals surface area contributed by atoms with Crippen LogP contribution in [0.5, 0.6) is 0 Å². The first-order chi connectivity index (χ1) is 12.0. The summed E-state index contributed by atoms with van der Waals surface area (Å²) in [5, 5.41) is 2.77. The van der Waals surface area contributed by atoms with Gasteiger partial charge < -0.3 is 9.84 Å². The van der Waals surface area contributed by atoms with Gasteiger partial charge >= 0.3 is 11.7 Å². The van der Waals surface area contributed by atoms with Crippen molar-refractivity contribution in [1.29, 1.82) is 0 Å². The van der Waals surface area contributed by atoms with Gasteiger partial charge in [0.1, 0.15) is 0 Å². The van der Waals surface area contributed by atoms with Crippen LogP contribution in [0.25, 0.3) is 0 Å². The van der Waals surface area contributed by atoms with Gasteiger partial charge in [-0.05, 0) is 25.0 Å². The molecule has 3 rings (SSSR count). The second-order valence-electron chi connectivity index (χ2n) is 6.04. The SMILES string of the molecule is Cc1ccc(CNC(=O)n2oc(=O)c(Cc3ccccc3)c2C)cc1. The predicted molar refractivity (Wildman–Crippen MR) is 95.8 cm³/mol. The summed E-state index contributed by atoms with van der Waals surface area (Å²) in [7, 11) is 0. The summed E-state index contributed by atoms with van der Waals surface area (Å²) in [6.45, 7) is 4.09. The van der Waals surface area contributed by atoms with Gasteiger partial charge in [-0.1, -0.05) is 60.2 Å². The summed E-state index contributed by atoms with van der Waals surface area (Å²) >= 11 is 0. The number of rotatable bonds is 4. The first-order valence-electron chi connectivity index (χ1n) is 8.14. The van der Waals surface area contributed by atoms with Gasteiger partial charge in [-0.15, -0.1) is 4.74 Å². The average Bonchev–Trinajstić information content (AvgIpc) is 2.90. The standard InChI is InChI=1S/C20H20N2O3/c1-14-8-10-17(11-9-14)13-21-20(24)22-15(2)18(19(23)25-22)12-16-6-4-3-5-7-16/h3-11H,12-13H2,1-2H3,(H,21,24). The number of aryl methyl sites for hydroxylation is 1. The Labute approximate surface area is 145 Å². The summed E-state index contributed by atoms with van der Waals surface area (Å²) in [5.41, 5.74) is 3.68. The monoisotopic (exact) mass is 336 g/mol. The van der Waals surface area contributed by atoms with E-state index in [-0.39, 0.29) is 0 Å². The second-order valence-corrected chi connectivity index (χ2v) is 6.04. The topological polar surface area (TPSA) is 64.2 Å². The molecule has 0 fully saturated rings. The molecular weight excluding hydrogens is 316 g/mol. The van der Waals surface area contributed by atoms with Crippen molar-refractivity contribution in [3.05, 3.63) is 93.0 Å². The highest BCUT2D eigenvalue weighted by molar-refractivity contribution is 5.76. The van der Waals surface area contributed by atoms with Crippen molar-refractivity contribution in [2.75, 3.05) is 0 Å². The lowest BCUT2D eigenvalue weighted by atomic mass is 10.1. The highest BCUT2D eigenvalue weighted by Crippen LogP contribution is 2.11. The predicted octanol–water partition coefficient (Wildman–Crippen LogP) is 3.41. The Morgan fingerprint density at radius 1 is 1.00 bits per heavy atom. The van der Waals surface area contributed by atoms with Crippen molar-refractivity contribution in [2.24, 2.45) is 0 Å². The molecule has 0 saturated carbocycles. The molecule has 1 amide bonds. The molecule has 2 aromatic carbocycles.